The first-order valence-corrected chi connectivity index (χ1v) is 12.1. The van der Waals surface area contributed by atoms with Crippen molar-refractivity contribution in [2.45, 2.75) is 32.5 Å². The maximum absolute atomic E-state index is 12.2. The van der Waals surface area contributed by atoms with Gasteiger partial charge in [0.25, 0.3) is 0 Å². The zero-order chi connectivity index (χ0) is 25.2. The average Bonchev–Trinajstić information content (AvgIpc) is 3.39. The summed E-state index contributed by atoms with van der Waals surface area (Å²) in [7, 11) is 1.39. The number of carbonyl (C=O) groups excluding carboxylic acids is 1. The molecule has 0 unspecified atom stereocenters. The van der Waals surface area contributed by atoms with Crippen LogP contribution >= 0.6 is 12.2 Å². The summed E-state index contributed by atoms with van der Waals surface area (Å²) in [5.41, 5.74) is 6.76. The minimum atomic E-state index is -0.358. The van der Waals surface area contributed by atoms with Crippen LogP contribution in [0.3, 0.4) is 0 Å². The average molecular weight is 498 g/mol. The Kier molecular flexibility index (Phi) is 6.52. The molecule has 1 aliphatic rings. The molecule has 0 bridgehead atoms. The molecular weight excluding hydrogens is 470 g/mol. The molecule has 0 spiro atoms. The molecule has 1 saturated heterocycles. The number of aromatic nitrogens is 3. The topological polar surface area (TPSA) is 72.3 Å². The van der Waals surface area contributed by atoms with Gasteiger partial charge in [0.2, 0.25) is 0 Å². The molecule has 0 aliphatic carbocycles. The SMILES string of the molecule is COC(=O)c1cccc(-n2c(C)cc([C@H]3[C@H](c4ccccn4)NC(=S)N3Cc3ccncc3)c2C)c1. The van der Waals surface area contributed by atoms with Crippen molar-refractivity contribution in [3.63, 3.8) is 0 Å². The van der Waals surface area contributed by atoms with Crippen LogP contribution in [0.2, 0.25) is 0 Å². The van der Waals surface area contributed by atoms with E-state index in [0.29, 0.717) is 17.2 Å². The fraction of sp³-hybridized carbons (Fsp3) is 0.214. The van der Waals surface area contributed by atoms with Gasteiger partial charge in [-0.05, 0) is 85.7 Å². The second kappa shape index (κ2) is 9.91. The number of pyridine rings is 2. The quantitative estimate of drug-likeness (QED) is 0.302. The molecule has 2 atom stereocenters. The van der Waals surface area contributed by atoms with E-state index in [4.69, 9.17) is 17.0 Å². The number of ether oxygens (including phenoxy) is 1. The molecule has 0 saturated carbocycles. The predicted octanol–water partition coefficient (Wildman–Crippen LogP) is 4.84. The van der Waals surface area contributed by atoms with Crippen molar-refractivity contribution in [1.82, 2.24) is 24.8 Å². The molecule has 3 aromatic heterocycles. The summed E-state index contributed by atoms with van der Waals surface area (Å²) in [6, 6.07) is 19.5. The van der Waals surface area contributed by atoms with Crippen molar-refractivity contribution in [1.29, 1.82) is 0 Å². The highest BCUT2D eigenvalue weighted by Gasteiger charge is 2.41. The van der Waals surface area contributed by atoms with Gasteiger partial charge in [-0.3, -0.25) is 9.97 Å². The number of aryl methyl sites for hydroxylation is 1. The van der Waals surface area contributed by atoms with Crippen molar-refractivity contribution < 1.29 is 9.53 Å². The lowest BCUT2D eigenvalue weighted by atomic mass is 9.96. The number of esters is 1. The number of nitrogens with one attached hydrogen (secondary N) is 1. The van der Waals surface area contributed by atoms with Crippen molar-refractivity contribution in [2.75, 3.05) is 7.11 Å². The molecule has 7 nitrogen and oxygen atoms in total. The highest BCUT2D eigenvalue weighted by Crippen LogP contribution is 2.42. The lowest BCUT2D eigenvalue weighted by Crippen LogP contribution is -2.29. The van der Waals surface area contributed by atoms with Gasteiger partial charge in [-0.15, -0.1) is 0 Å². The summed E-state index contributed by atoms with van der Waals surface area (Å²) in [5, 5.41) is 4.21. The van der Waals surface area contributed by atoms with Crippen LogP contribution in [0.4, 0.5) is 0 Å². The molecule has 8 heteroatoms. The Hall–Kier alpha value is -4.04. The Morgan fingerprint density at radius 3 is 2.58 bits per heavy atom. The molecule has 0 amide bonds. The third-order valence-corrected chi connectivity index (χ3v) is 6.97. The van der Waals surface area contributed by atoms with Crippen LogP contribution in [0, 0.1) is 13.8 Å². The van der Waals surface area contributed by atoms with E-state index in [1.807, 2.05) is 54.7 Å². The van der Waals surface area contributed by atoms with E-state index in [0.717, 1.165) is 33.9 Å². The first kappa shape index (κ1) is 23.7. The van der Waals surface area contributed by atoms with Crippen molar-refractivity contribution in [3.8, 4) is 5.69 Å². The number of benzene rings is 1. The molecule has 1 fully saturated rings. The van der Waals surface area contributed by atoms with E-state index in [9.17, 15) is 4.79 Å². The highest BCUT2D eigenvalue weighted by atomic mass is 32.1. The summed E-state index contributed by atoms with van der Waals surface area (Å²) < 4.78 is 7.10. The third-order valence-electron chi connectivity index (χ3n) is 6.61. The summed E-state index contributed by atoms with van der Waals surface area (Å²) in [4.78, 5) is 23.2. The Bertz CT molecular complexity index is 1400. The Morgan fingerprint density at radius 2 is 1.86 bits per heavy atom. The number of rotatable bonds is 6. The molecule has 1 N–H and O–H groups in total. The first-order chi connectivity index (χ1) is 17.5. The number of hydrogen-bond acceptors (Lipinski definition) is 5. The predicted molar refractivity (Wildman–Crippen MR) is 142 cm³/mol. The van der Waals surface area contributed by atoms with E-state index in [2.05, 4.69) is 44.7 Å². The molecule has 4 aromatic rings. The molecule has 1 aliphatic heterocycles. The van der Waals surface area contributed by atoms with Crippen LogP contribution < -0.4 is 5.32 Å². The van der Waals surface area contributed by atoms with E-state index < -0.39 is 0 Å². The number of hydrogen-bond donors (Lipinski definition) is 1. The zero-order valence-corrected chi connectivity index (χ0v) is 21.2. The number of carbonyl (C=O) groups is 1. The maximum atomic E-state index is 12.2. The minimum absolute atomic E-state index is 0.0793. The molecule has 1 aromatic carbocycles. The summed E-state index contributed by atoms with van der Waals surface area (Å²) in [5.74, 6) is -0.358. The first-order valence-electron chi connectivity index (χ1n) is 11.7. The molecule has 36 heavy (non-hydrogen) atoms. The third kappa shape index (κ3) is 4.35. The van der Waals surface area contributed by atoms with E-state index in [1.54, 1.807) is 18.5 Å². The lowest BCUT2D eigenvalue weighted by molar-refractivity contribution is 0.0600. The van der Waals surface area contributed by atoms with Gasteiger partial charge in [-0.2, -0.15) is 0 Å². The van der Waals surface area contributed by atoms with E-state index in [1.165, 1.54) is 7.11 Å². The second-order valence-corrected chi connectivity index (χ2v) is 9.20. The highest BCUT2D eigenvalue weighted by molar-refractivity contribution is 7.80. The lowest BCUT2D eigenvalue weighted by Gasteiger charge is -2.28. The molecule has 0 radical (unpaired) electrons. The largest absolute Gasteiger partial charge is 0.465 e. The van der Waals surface area contributed by atoms with Gasteiger partial charge in [-0.25, -0.2) is 4.79 Å². The van der Waals surface area contributed by atoms with Crippen LogP contribution in [0.5, 0.6) is 0 Å². The van der Waals surface area contributed by atoms with E-state index in [-0.39, 0.29) is 18.1 Å². The van der Waals surface area contributed by atoms with Gasteiger partial charge in [0.1, 0.15) is 0 Å². The number of thiocarbonyl (C=S) groups is 1. The standard InChI is InChI=1S/C28H27N5O2S/c1-18-15-23(19(2)33(18)22-8-6-7-21(16-22)27(34)35-3)26-25(24-9-4-5-12-30-24)31-28(36)32(26)17-20-10-13-29-14-11-20/h4-16,25-26H,17H2,1-3H3,(H,31,36)/t25-,26-/m0/s1. The van der Waals surface area contributed by atoms with Crippen molar-refractivity contribution >= 4 is 23.3 Å². The van der Waals surface area contributed by atoms with Gasteiger partial charge in [0.15, 0.2) is 5.11 Å². The van der Waals surface area contributed by atoms with Crippen molar-refractivity contribution in [3.05, 3.63) is 113 Å². The van der Waals surface area contributed by atoms with Crippen LogP contribution in [0.1, 0.15) is 50.7 Å². The summed E-state index contributed by atoms with van der Waals surface area (Å²) in [6.07, 6.45) is 5.41. The van der Waals surface area contributed by atoms with Crippen LogP contribution in [-0.2, 0) is 11.3 Å². The second-order valence-electron chi connectivity index (χ2n) is 8.81. The molecule has 5 rings (SSSR count). The van der Waals surface area contributed by atoms with Gasteiger partial charge in [0, 0.05) is 42.2 Å². The van der Waals surface area contributed by atoms with Gasteiger partial charge in [0.05, 0.1) is 30.5 Å². The van der Waals surface area contributed by atoms with Crippen LogP contribution in [-0.4, -0.2) is 37.6 Å². The number of nitrogens with zero attached hydrogens (tertiary/aromatic N) is 4. The normalized spacial score (nSPS) is 17.2. The Morgan fingerprint density at radius 1 is 1.06 bits per heavy atom. The van der Waals surface area contributed by atoms with E-state index >= 15 is 0 Å². The Balaban J connectivity index is 1.61. The van der Waals surface area contributed by atoms with Gasteiger partial charge >= 0.3 is 5.97 Å². The van der Waals surface area contributed by atoms with Gasteiger partial charge < -0.3 is 19.5 Å². The monoisotopic (exact) mass is 497 g/mol. The van der Waals surface area contributed by atoms with Crippen LogP contribution in [0.25, 0.3) is 5.69 Å². The maximum Gasteiger partial charge on any atom is 0.337 e. The zero-order valence-electron chi connectivity index (χ0n) is 20.4. The van der Waals surface area contributed by atoms with Crippen LogP contribution in [0.15, 0.2) is 79.3 Å². The molecular formula is C28H27N5O2S. The van der Waals surface area contributed by atoms with Gasteiger partial charge in [-0.1, -0.05) is 12.1 Å². The summed E-state index contributed by atoms with van der Waals surface area (Å²) >= 11 is 5.84. The van der Waals surface area contributed by atoms with Crippen molar-refractivity contribution in [2.24, 2.45) is 0 Å². The smallest absolute Gasteiger partial charge is 0.337 e. The minimum Gasteiger partial charge on any atom is -0.465 e. The fourth-order valence-electron chi connectivity index (χ4n) is 4.97. The fourth-order valence-corrected chi connectivity index (χ4v) is 5.28. The summed E-state index contributed by atoms with van der Waals surface area (Å²) in [6.45, 7) is 4.82. The number of methoxy groups -OCH3 is 1. The molecule has 182 valence electrons. The molecule has 4 heterocycles. The Labute approximate surface area is 215 Å².